The quantitative estimate of drug-likeness (QED) is 0.793. The highest BCUT2D eigenvalue weighted by Gasteiger charge is 2.15. The zero-order valence-electron chi connectivity index (χ0n) is 13.0. The molecule has 6 nitrogen and oxygen atoms in total. The molecule has 0 aliphatic heterocycles. The first kappa shape index (κ1) is 15.4. The van der Waals surface area contributed by atoms with Crippen molar-refractivity contribution in [3.63, 3.8) is 0 Å². The Kier molecular flexibility index (Phi) is 4.20. The Balaban J connectivity index is 1.91. The van der Waals surface area contributed by atoms with E-state index in [0.29, 0.717) is 11.0 Å². The predicted octanol–water partition coefficient (Wildman–Crippen LogP) is 3.47. The standard InChI is InChI=1S/C16H16N4O2S/c1-9(2)15-19-20-16(23-15)18-13(21)12-8-10-6-4-5-7-11(10)14(17-12)22-3/h4-9H,1-3H3,(H,18,20,21). The molecule has 1 aromatic carbocycles. The van der Waals surface area contributed by atoms with Crippen molar-refractivity contribution in [2.75, 3.05) is 12.4 Å². The maximum atomic E-state index is 12.4. The van der Waals surface area contributed by atoms with Gasteiger partial charge < -0.3 is 4.74 Å². The topological polar surface area (TPSA) is 77.0 Å². The molecule has 0 spiro atoms. The molecular formula is C16H16N4O2S. The van der Waals surface area contributed by atoms with Crippen molar-refractivity contribution >= 4 is 33.1 Å². The number of methoxy groups -OCH3 is 1. The number of benzene rings is 1. The van der Waals surface area contributed by atoms with E-state index in [-0.39, 0.29) is 17.5 Å². The molecule has 118 valence electrons. The number of amides is 1. The first-order valence-electron chi connectivity index (χ1n) is 7.17. The molecule has 2 aromatic heterocycles. The van der Waals surface area contributed by atoms with E-state index >= 15 is 0 Å². The summed E-state index contributed by atoms with van der Waals surface area (Å²) >= 11 is 1.36. The summed E-state index contributed by atoms with van der Waals surface area (Å²) in [5.41, 5.74) is 0.279. The molecule has 0 unspecified atom stereocenters. The van der Waals surface area contributed by atoms with Crippen LogP contribution in [0.5, 0.6) is 5.88 Å². The highest BCUT2D eigenvalue weighted by Crippen LogP contribution is 2.26. The lowest BCUT2D eigenvalue weighted by Crippen LogP contribution is -2.14. The van der Waals surface area contributed by atoms with Crippen molar-refractivity contribution in [3.05, 3.63) is 41.0 Å². The monoisotopic (exact) mass is 328 g/mol. The highest BCUT2D eigenvalue weighted by molar-refractivity contribution is 7.15. The number of rotatable bonds is 4. The molecule has 0 aliphatic carbocycles. The molecule has 3 rings (SSSR count). The van der Waals surface area contributed by atoms with Gasteiger partial charge in [-0.1, -0.05) is 43.4 Å². The fraction of sp³-hybridized carbons (Fsp3) is 0.250. The van der Waals surface area contributed by atoms with Gasteiger partial charge in [-0.3, -0.25) is 10.1 Å². The Hall–Kier alpha value is -2.54. The predicted molar refractivity (Wildman–Crippen MR) is 90.2 cm³/mol. The average Bonchev–Trinajstić information content (AvgIpc) is 3.02. The van der Waals surface area contributed by atoms with E-state index in [1.807, 2.05) is 38.1 Å². The second-order valence-electron chi connectivity index (χ2n) is 5.29. The number of hydrogen-bond acceptors (Lipinski definition) is 6. The summed E-state index contributed by atoms with van der Waals surface area (Å²) in [5.74, 6) is 0.367. The SMILES string of the molecule is COc1nc(C(=O)Nc2nnc(C(C)C)s2)cc2ccccc12. The van der Waals surface area contributed by atoms with E-state index in [0.717, 1.165) is 15.8 Å². The Morgan fingerprint density at radius 1 is 1.26 bits per heavy atom. The van der Waals surface area contributed by atoms with E-state index in [1.54, 1.807) is 6.07 Å². The molecule has 0 aliphatic rings. The van der Waals surface area contributed by atoms with Crippen LogP contribution in [-0.2, 0) is 0 Å². The minimum Gasteiger partial charge on any atom is -0.481 e. The van der Waals surface area contributed by atoms with Gasteiger partial charge in [0, 0.05) is 11.3 Å². The molecule has 0 saturated heterocycles. The van der Waals surface area contributed by atoms with Crippen molar-refractivity contribution in [3.8, 4) is 5.88 Å². The highest BCUT2D eigenvalue weighted by atomic mass is 32.1. The number of pyridine rings is 1. The number of aromatic nitrogens is 3. The molecule has 0 bridgehead atoms. The van der Waals surface area contributed by atoms with Crippen molar-refractivity contribution < 1.29 is 9.53 Å². The Morgan fingerprint density at radius 3 is 2.74 bits per heavy atom. The molecule has 1 amide bonds. The molecule has 0 radical (unpaired) electrons. The fourth-order valence-corrected chi connectivity index (χ4v) is 2.86. The molecule has 23 heavy (non-hydrogen) atoms. The van der Waals surface area contributed by atoms with E-state index in [9.17, 15) is 4.79 Å². The number of carbonyl (C=O) groups is 1. The molecule has 7 heteroatoms. The van der Waals surface area contributed by atoms with Crippen LogP contribution < -0.4 is 10.1 Å². The number of nitrogens with zero attached hydrogens (tertiary/aromatic N) is 3. The summed E-state index contributed by atoms with van der Waals surface area (Å²) < 4.78 is 5.29. The number of nitrogens with one attached hydrogen (secondary N) is 1. The second-order valence-corrected chi connectivity index (χ2v) is 6.30. The average molecular weight is 328 g/mol. The maximum Gasteiger partial charge on any atom is 0.276 e. The summed E-state index contributed by atoms with van der Waals surface area (Å²) in [6.07, 6.45) is 0. The lowest BCUT2D eigenvalue weighted by molar-refractivity contribution is 0.102. The number of anilines is 1. The Labute approximate surface area is 137 Å². The zero-order valence-corrected chi connectivity index (χ0v) is 13.8. The molecule has 0 fully saturated rings. The largest absolute Gasteiger partial charge is 0.481 e. The normalized spacial score (nSPS) is 11.0. The lowest BCUT2D eigenvalue weighted by Gasteiger charge is -2.07. The summed E-state index contributed by atoms with van der Waals surface area (Å²) in [7, 11) is 1.54. The van der Waals surface area contributed by atoms with E-state index in [2.05, 4.69) is 20.5 Å². The molecular weight excluding hydrogens is 312 g/mol. The first-order chi connectivity index (χ1) is 11.1. The summed E-state index contributed by atoms with van der Waals surface area (Å²) in [4.78, 5) is 16.7. The van der Waals surface area contributed by atoms with Gasteiger partial charge in [0.1, 0.15) is 10.7 Å². The van der Waals surface area contributed by atoms with Crippen LogP contribution in [0.2, 0.25) is 0 Å². The third kappa shape index (κ3) is 3.14. The van der Waals surface area contributed by atoms with Crippen molar-refractivity contribution in [2.45, 2.75) is 19.8 Å². The van der Waals surface area contributed by atoms with Crippen LogP contribution in [0, 0.1) is 0 Å². The number of hydrogen-bond donors (Lipinski definition) is 1. The number of ether oxygens (including phenoxy) is 1. The van der Waals surface area contributed by atoms with Gasteiger partial charge >= 0.3 is 0 Å². The smallest absolute Gasteiger partial charge is 0.276 e. The zero-order chi connectivity index (χ0) is 16.4. The number of carbonyl (C=O) groups excluding carboxylic acids is 1. The van der Waals surface area contributed by atoms with Crippen LogP contribution in [0.1, 0.15) is 35.3 Å². The van der Waals surface area contributed by atoms with Crippen molar-refractivity contribution in [2.24, 2.45) is 0 Å². The summed E-state index contributed by atoms with van der Waals surface area (Å²) in [6, 6.07) is 9.36. The van der Waals surface area contributed by atoms with E-state index in [1.165, 1.54) is 18.4 Å². The van der Waals surface area contributed by atoms with Crippen molar-refractivity contribution in [1.82, 2.24) is 15.2 Å². The first-order valence-corrected chi connectivity index (χ1v) is 7.98. The van der Waals surface area contributed by atoms with Gasteiger partial charge in [-0.15, -0.1) is 10.2 Å². The number of fused-ring (bicyclic) bond motifs is 1. The van der Waals surface area contributed by atoms with Gasteiger partial charge in [-0.2, -0.15) is 0 Å². The van der Waals surface area contributed by atoms with E-state index in [4.69, 9.17) is 4.74 Å². The second kappa shape index (κ2) is 6.29. The van der Waals surface area contributed by atoms with Gasteiger partial charge in [-0.25, -0.2) is 4.98 Å². The van der Waals surface area contributed by atoms with Crippen LogP contribution in [0.4, 0.5) is 5.13 Å². The third-order valence-electron chi connectivity index (χ3n) is 3.29. The van der Waals surface area contributed by atoms with Crippen molar-refractivity contribution in [1.29, 1.82) is 0 Å². The van der Waals surface area contributed by atoms with Crippen LogP contribution in [0.3, 0.4) is 0 Å². The van der Waals surface area contributed by atoms with Gasteiger partial charge in [0.25, 0.3) is 5.91 Å². The van der Waals surface area contributed by atoms with Crippen LogP contribution in [-0.4, -0.2) is 28.2 Å². The van der Waals surface area contributed by atoms with Gasteiger partial charge in [0.2, 0.25) is 11.0 Å². The van der Waals surface area contributed by atoms with Crippen LogP contribution in [0.25, 0.3) is 10.8 Å². The minimum atomic E-state index is -0.333. The fourth-order valence-electron chi connectivity index (χ4n) is 2.12. The van der Waals surface area contributed by atoms with E-state index < -0.39 is 0 Å². The molecule has 3 aromatic rings. The minimum absolute atomic E-state index is 0.275. The Bertz CT molecular complexity index is 860. The summed E-state index contributed by atoms with van der Waals surface area (Å²) in [6.45, 7) is 4.06. The molecule has 0 atom stereocenters. The third-order valence-corrected chi connectivity index (χ3v) is 4.43. The maximum absolute atomic E-state index is 12.4. The Morgan fingerprint density at radius 2 is 2.04 bits per heavy atom. The lowest BCUT2D eigenvalue weighted by atomic mass is 10.1. The molecule has 0 saturated carbocycles. The van der Waals surface area contributed by atoms with Gasteiger partial charge in [0.15, 0.2) is 0 Å². The van der Waals surface area contributed by atoms with Crippen LogP contribution in [0.15, 0.2) is 30.3 Å². The van der Waals surface area contributed by atoms with Gasteiger partial charge in [0.05, 0.1) is 7.11 Å². The summed E-state index contributed by atoms with van der Waals surface area (Å²) in [5, 5.41) is 13.9. The molecule has 1 N–H and O–H groups in total. The van der Waals surface area contributed by atoms with Crippen LogP contribution >= 0.6 is 11.3 Å². The van der Waals surface area contributed by atoms with Gasteiger partial charge in [-0.05, 0) is 17.5 Å². The molecule has 2 heterocycles.